The van der Waals surface area contributed by atoms with Gasteiger partial charge in [0, 0.05) is 6.54 Å². The van der Waals surface area contributed by atoms with Crippen LogP contribution in [0.15, 0.2) is 36.4 Å². The summed E-state index contributed by atoms with van der Waals surface area (Å²) in [6.45, 7) is 5.97. The standard InChI is InChI=1S/C18H23NO2/c1-5-19-12-14-10-17(20-3)18(21-4)11-16(14)15-9-7-6-8-13(15)2/h6-11,19H,5,12H2,1-4H3. The molecule has 1 N–H and O–H groups in total. The van der Waals surface area contributed by atoms with Crippen LogP contribution < -0.4 is 14.8 Å². The fourth-order valence-corrected chi connectivity index (χ4v) is 2.45. The molecule has 0 unspecified atom stereocenters. The van der Waals surface area contributed by atoms with Gasteiger partial charge in [-0.1, -0.05) is 31.2 Å². The van der Waals surface area contributed by atoms with E-state index >= 15 is 0 Å². The summed E-state index contributed by atoms with van der Waals surface area (Å²) in [5.41, 5.74) is 4.88. The number of ether oxygens (including phenoxy) is 2. The molecule has 0 atom stereocenters. The summed E-state index contributed by atoms with van der Waals surface area (Å²) >= 11 is 0. The number of aryl methyl sites for hydroxylation is 1. The lowest BCUT2D eigenvalue weighted by atomic mass is 9.95. The first kappa shape index (κ1) is 15.4. The number of rotatable bonds is 6. The predicted molar refractivity (Wildman–Crippen MR) is 87.1 cm³/mol. The monoisotopic (exact) mass is 285 g/mol. The van der Waals surface area contributed by atoms with Crippen molar-refractivity contribution in [1.29, 1.82) is 0 Å². The van der Waals surface area contributed by atoms with Gasteiger partial charge < -0.3 is 14.8 Å². The molecule has 112 valence electrons. The molecule has 0 fully saturated rings. The van der Waals surface area contributed by atoms with Crippen LogP contribution in [0.25, 0.3) is 11.1 Å². The molecule has 0 saturated heterocycles. The Bertz CT molecular complexity index is 608. The largest absolute Gasteiger partial charge is 0.493 e. The number of hydrogen-bond acceptors (Lipinski definition) is 3. The summed E-state index contributed by atoms with van der Waals surface area (Å²) in [5.74, 6) is 1.53. The van der Waals surface area contributed by atoms with Crippen LogP contribution in [0.3, 0.4) is 0 Å². The van der Waals surface area contributed by atoms with E-state index in [1.165, 1.54) is 22.3 Å². The first-order valence-electron chi connectivity index (χ1n) is 7.22. The van der Waals surface area contributed by atoms with E-state index in [0.717, 1.165) is 24.6 Å². The Kier molecular flexibility index (Phi) is 5.23. The van der Waals surface area contributed by atoms with E-state index in [1.807, 2.05) is 0 Å². The van der Waals surface area contributed by atoms with E-state index in [9.17, 15) is 0 Å². The quantitative estimate of drug-likeness (QED) is 0.876. The second-order valence-corrected chi connectivity index (χ2v) is 4.96. The molecule has 21 heavy (non-hydrogen) atoms. The Balaban J connectivity index is 2.58. The topological polar surface area (TPSA) is 30.5 Å². The number of nitrogens with one attached hydrogen (secondary N) is 1. The molecule has 2 aromatic rings. The molecule has 0 heterocycles. The average molecular weight is 285 g/mol. The zero-order valence-corrected chi connectivity index (χ0v) is 13.2. The van der Waals surface area contributed by atoms with Gasteiger partial charge >= 0.3 is 0 Å². The first-order chi connectivity index (χ1) is 10.2. The van der Waals surface area contributed by atoms with Gasteiger partial charge in [-0.05, 0) is 47.9 Å². The Hall–Kier alpha value is -2.00. The van der Waals surface area contributed by atoms with Crippen LogP contribution in [-0.4, -0.2) is 20.8 Å². The number of hydrogen-bond donors (Lipinski definition) is 1. The van der Waals surface area contributed by atoms with Crippen LogP contribution in [0.4, 0.5) is 0 Å². The zero-order valence-electron chi connectivity index (χ0n) is 13.2. The molecule has 0 aliphatic carbocycles. The minimum absolute atomic E-state index is 0.760. The van der Waals surface area contributed by atoms with E-state index in [2.05, 4.69) is 55.6 Å². The number of benzene rings is 2. The van der Waals surface area contributed by atoms with E-state index < -0.39 is 0 Å². The number of methoxy groups -OCH3 is 2. The molecule has 0 spiro atoms. The lowest BCUT2D eigenvalue weighted by Crippen LogP contribution is -2.13. The smallest absolute Gasteiger partial charge is 0.161 e. The Morgan fingerprint density at radius 2 is 1.62 bits per heavy atom. The minimum atomic E-state index is 0.760. The molecule has 3 heteroatoms. The van der Waals surface area contributed by atoms with Gasteiger partial charge in [0.05, 0.1) is 14.2 Å². The maximum absolute atomic E-state index is 5.45. The van der Waals surface area contributed by atoms with E-state index in [-0.39, 0.29) is 0 Å². The van der Waals surface area contributed by atoms with Crippen molar-refractivity contribution in [1.82, 2.24) is 5.32 Å². The van der Waals surface area contributed by atoms with Gasteiger partial charge in [0.2, 0.25) is 0 Å². The SMILES string of the molecule is CCNCc1cc(OC)c(OC)cc1-c1ccccc1C. The highest BCUT2D eigenvalue weighted by Crippen LogP contribution is 2.36. The minimum Gasteiger partial charge on any atom is -0.493 e. The lowest BCUT2D eigenvalue weighted by Gasteiger charge is -2.17. The van der Waals surface area contributed by atoms with Crippen molar-refractivity contribution in [2.45, 2.75) is 20.4 Å². The molecule has 0 bridgehead atoms. The third kappa shape index (κ3) is 3.37. The van der Waals surface area contributed by atoms with Crippen molar-refractivity contribution in [2.24, 2.45) is 0 Å². The van der Waals surface area contributed by atoms with Gasteiger partial charge in [0.25, 0.3) is 0 Å². The van der Waals surface area contributed by atoms with E-state index in [1.54, 1.807) is 14.2 Å². The zero-order chi connectivity index (χ0) is 15.2. The fraction of sp³-hybridized carbons (Fsp3) is 0.333. The predicted octanol–water partition coefficient (Wildman–Crippen LogP) is 3.79. The Morgan fingerprint density at radius 3 is 2.24 bits per heavy atom. The maximum atomic E-state index is 5.45. The van der Waals surface area contributed by atoms with Gasteiger partial charge in [-0.3, -0.25) is 0 Å². The third-order valence-electron chi connectivity index (χ3n) is 3.61. The normalized spacial score (nSPS) is 10.5. The van der Waals surface area contributed by atoms with Crippen LogP contribution in [0.2, 0.25) is 0 Å². The average Bonchev–Trinajstić information content (AvgIpc) is 2.52. The molecule has 0 amide bonds. The van der Waals surface area contributed by atoms with Crippen molar-refractivity contribution in [3.63, 3.8) is 0 Å². The van der Waals surface area contributed by atoms with Gasteiger partial charge in [0.1, 0.15) is 0 Å². The van der Waals surface area contributed by atoms with Gasteiger partial charge in [0.15, 0.2) is 11.5 Å². The molecule has 3 nitrogen and oxygen atoms in total. The summed E-state index contributed by atoms with van der Waals surface area (Å²) in [6.07, 6.45) is 0. The Morgan fingerprint density at radius 1 is 0.952 bits per heavy atom. The second kappa shape index (κ2) is 7.14. The van der Waals surface area contributed by atoms with Crippen molar-refractivity contribution >= 4 is 0 Å². The van der Waals surface area contributed by atoms with Crippen molar-refractivity contribution < 1.29 is 9.47 Å². The molecule has 0 aliphatic rings. The highest BCUT2D eigenvalue weighted by Gasteiger charge is 2.13. The molecule has 0 aromatic heterocycles. The van der Waals surface area contributed by atoms with Crippen LogP contribution in [0.5, 0.6) is 11.5 Å². The van der Waals surface area contributed by atoms with Gasteiger partial charge in [-0.2, -0.15) is 0 Å². The summed E-state index contributed by atoms with van der Waals surface area (Å²) in [6, 6.07) is 12.5. The van der Waals surface area contributed by atoms with Crippen molar-refractivity contribution in [2.75, 3.05) is 20.8 Å². The third-order valence-corrected chi connectivity index (χ3v) is 3.61. The molecule has 2 rings (SSSR count). The highest BCUT2D eigenvalue weighted by molar-refractivity contribution is 5.73. The lowest BCUT2D eigenvalue weighted by molar-refractivity contribution is 0.354. The Labute approximate surface area is 126 Å². The van der Waals surface area contributed by atoms with Crippen LogP contribution in [0.1, 0.15) is 18.1 Å². The highest BCUT2D eigenvalue weighted by atomic mass is 16.5. The summed E-state index contributed by atoms with van der Waals surface area (Å²) in [4.78, 5) is 0. The summed E-state index contributed by atoms with van der Waals surface area (Å²) < 4.78 is 10.9. The molecule has 2 aromatic carbocycles. The van der Waals surface area contributed by atoms with Gasteiger partial charge in [-0.25, -0.2) is 0 Å². The molecular formula is C18H23NO2. The van der Waals surface area contributed by atoms with Crippen LogP contribution in [-0.2, 0) is 6.54 Å². The van der Waals surface area contributed by atoms with Crippen LogP contribution >= 0.6 is 0 Å². The molecule has 0 radical (unpaired) electrons. The summed E-state index contributed by atoms with van der Waals surface area (Å²) in [5, 5.41) is 3.39. The van der Waals surface area contributed by atoms with E-state index in [4.69, 9.17) is 9.47 Å². The molecule has 0 aliphatic heterocycles. The summed E-state index contributed by atoms with van der Waals surface area (Å²) in [7, 11) is 3.34. The first-order valence-corrected chi connectivity index (χ1v) is 7.22. The van der Waals surface area contributed by atoms with Gasteiger partial charge in [-0.15, -0.1) is 0 Å². The van der Waals surface area contributed by atoms with Crippen molar-refractivity contribution in [3.05, 3.63) is 47.5 Å². The maximum Gasteiger partial charge on any atom is 0.161 e. The van der Waals surface area contributed by atoms with Crippen LogP contribution in [0, 0.1) is 6.92 Å². The van der Waals surface area contributed by atoms with E-state index in [0.29, 0.717) is 0 Å². The molecular weight excluding hydrogens is 262 g/mol. The van der Waals surface area contributed by atoms with Crippen molar-refractivity contribution in [3.8, 4) is 22.6 Å². The fourth-order valence-electron chi connectivity index (χ4n) is 2.45. The molecule has 0 saturated carbocycles. The second-order valence-electron chi connectivity index (χ2n) is 4.96.